The van der Waals surface area contributed by atoms with Crippen LogP contribution in [-0.2, 0) is 29.8 Å². The number of likely N-dealkylation sites (N-methyl/N-ethyl adjacent to an activating group) is 2. The second-order valence-corrected chi connectivity index (χ2v) is 15.4. The van der Waals surface area contributed by atoms with Crippen molar-refractivity contribution in [3.63, 3.8) is 0 Å². The average molecular weight is 657 g/mol. The molecule has 0 spiro atoms. The van der Waals surface area contributed by atoms with Crippen molar-refractivity contribution in [2.24, 2.45) is 17.3 Å². The van der Waals surface area contributed by atoms with Gasteiger partial charge in [-0.3, -0.25) is 14.4 Å². The third-order valence-electron chi connectivity index (χ3n) is 8.22. The van der Waals surface area contributed by atoms with Crippen LogP contribution >= 0.6 is 0 Å². The van der Waals surface area contributed by atoms with E-state index in [1.807, 2.05) is 79.7 Å². The number of rotatable bonds is 13. The lowest BCUT2D eigenvalue weighted by Gasteiger charge is -2.39. The number of allylic oxidation sites excluding steroid dienone is 1. The Kier molecular flexibility index (Phi) is 12.8. The molecule has 254 valence electrons. The predicted octanol–water partition coefficient (Wildman–Crippen LogP) is 4.54. The molecule has 0 radical (unpaired) electrons. The SMILES string of the molecule is CNC(C(=O)NC(C(=O)N(C)/C(=C/C(C)C(=O)NS(=O)(=O)c1ccc(C)cc1)C(C)C)C(C)(C)C)C(C)(C)c1ccc(OC)cc1. The molecule has 3 unspecified atom stereocenters. The lowest BCUT2D eigenvalue weighted by molar-refractivity contribution is -0.138. The summed E-state index contributed by atoms with van der Waals surface area (Å²) in [4.78, 5) is 42.4. The minimum atomic E-state index is -4.08. The fraction of sp³-hybridized carbons (Fsp3) is 0.514. The number of hydrogen-bond donors (Lipinski definition) is 3. The summed E-state index contributed by atoms with van der Waals surface area (Å²) in [5.41, 5.74) is 1.01. The molecular formula is C35H52N4O6S. The minimum Gasteiger partial charge on any atom is -0.497 e. The molecular weight excluding hydrogens is 604 g/mol. The van der Waals surface area contributed by atoms with Gasteiger partial charge in [0.2, 0.25) is 17.7 Å². The first-order valence-corrected chi connectivity index (χ1v) is 16.9. The Bertz CT molecular complexity index is 1510. The Morgan fingerprint density at radius 1 is 0.870 bits per heavy atom. The zero-order valence-electron chi connectivity index (χ0n) is 29.3. The van der Waals surface area contributed by atoms with E-state index in [0.717, 1.165) is 11.1 Å². The highest BCUT2D eigenvalue weighted by molar-refractivity contribution is 7.90. The van der Waals surface area contributed by atoms with E-state index in [1.54, 1.807) is 46.3 Å². The first-order chi connectivity index (χ1) is 21.2. The molecule has 3 atom stereocenters. The Hall–Kier alpha value is -3.70. The molecule has 0 bridgehead atoms. The Labute approximate surface area is 275 Å². The zero-order chi connectivity index (χ0) is 35.2. The van der Waals surface area contributed by atoms with Crippen molar-refractivity contribution in [3.05, 3.63) is 71.4 Å². The maximum atomic E-state index is 14.1. The summed E-state index contributed by atoms with van der Waals surface area (Å²) in [6, 6.07) is 12.1. The van der Waals surface area contributed by atoms with Crippen LogP contribution in [0.4, 0.5) is 0 Å². The molecule has 3 amide bonds. The molecule has 2 aromatic carbocycles. The van der Waals surface area contributed by atoms with Crippen molar-refractivity contribution in [2.45, 2.75) is 84.7 Å². The minimum absolute atomic E-state index is 0.0159. The van der Waals surface area contributed by atoms with Gasteiger partial charge >= 0.3 is 0 Å². The lowest BCUT2D eigenvalue weighted by atomic mass is 9.76. The van der Waals surface area contributed by atoms with E-state index in [9.17, 15) is 22.8 Å². The van der Waals surface area contributed by atoms with Gasteiger partial charge in [-0.25, -0.2) is 13.1 Å². The van der Waals surface area contributed by atoms with E-state index < -0.39 is 44.8 Å². The van der Waals surface area contributed by atoms with Gasteiger partial charge in [0.15, 0.2) is 0 Å². The monoisotopic (exact) mass is 656 g/mol. The van der Waals surface area contributed by atoms with Gasteiger partial charge < -0.3 is 20.3 Å². The van der Waals surface area contributed by atoms with Crippen molar-refractivity contribution in [2.75, 3.05) is 21.2 Å². The second kappa shape index (κ2) is 15.3. The zero-order valence-corrected chi connectivity index (χ0v) is 30.1. The Morgan fingerprint density at radius 3 is 1.87 bits per heavy atom. The normalized spacial score (nSPS) is 14.7. The molecule has 0 heterocycles. The van der Waals surface area contributed by atoms with E-state index in [2.05, 4.69) is 15.4 Å². The van der Waals surface area contributed by atoms with Crippen molar-refractivity contribution < 1.29 is 27.5 Å². The molecule has 0 fully saturated rings. The van der Waals surface area contributed by atoms with Gasteiger partial charge in [-0.05, 0) is 62.1 Å². The molecule has 0 saturated heterocycles. The standard InChI is InChI=1S/C35H52N4O6S/c1-22(2)28(21-24(4)31(40)38-46(43,44)27-19-13-23(3)14-20-27)39(11)33(42)30(34(5,6)7)37-32(41)29(36-10)35(8,9)25-15-17-26(45-12)18-16-25/h13-22,24,29-30,36H,1-12H3,(H,37,41)(H,38,40)/b28-21+. The summed E-state index contributed by atoms with van der Waals surface area (Å²) in [5, 5.41) is 6.14. The van der Waals surface area contributed by atoms with Gasteiger partial charge in [0.05, 0.1) is 24.0 Å². The van der Waals surface area contributed by atoms with Crippen molar-refractivity contribution >= 4 is 27.7 Å². The van der Waals surface area contributed by atoms with Crippen LogP contribution in [0.2, 0.25) is 0 Å². The van der Waals surface area contributed by atoms with Crippen molar-refractivity contribution in [1.82, 2.24) is 20.3 Å². The summed E-state index contributed by atoms with van der Waals surface area (Å²) >= 11 is 0. The molecule has 0 aliphatic heterocycles. The van der Waals surface area contributed by atoms with Gasteiger partial charge in [-0.2, -0.15) is 0 Å². The highest BCUT2D eigenvalue weighted by atomic mass is 32.2. The maximum Gasteiger partial charge on any atom is 0.264 e. The first kappa shape index (κ1) is 38.5. The largest absolute Gasteiger partial charge is 0.497 e. The van der Waals surface area contributed by atoms with E-state index in [1.165, 1.54) is 17.0 Å². The molecule has 10 nitrogen and oxygen atoms in total. The van der Waals surface area contributed by atoms with Crippen molar-refractivity contribution in [3.8, 4) is 5.75 Å². The maximum absolute atomic E-state index is 14.1. The average Bonchev–Trinajstić information content (AvgIpc) is 2.97. The summed E-state index contributed by atoms with van der Waals surface area (Å²) in [6.45, 7) is 16.7. The predicted molar refractivity (Wildman–Crippen MR) is 182 cm³/mol. The molecule has 46 heavy (non-hydrogen) atoms. The van der Waals surface area contributed by atoms with E-state index in [4.69, 9.17) is 4.74 Å². The number of carbonyl (C=O) groups is 3. The molecule has 2 rings (SSSR count). The second-order valence-electron chi connectivity index (χ2n) is 13.7. The van der Waals surface area contributed by atoms with Gasteiger partial charge in [0.25, 0.3) is 10.0 Å². The number of sulfonamides is 1. The molecule has 0 saturated carbocycles. The van der Waals surface area contributed by atoms with Crippen LogP contribution < -0.4 is 20.1 Å². The molecule has 3 N–H and O–H groups in total. The Balaban J connectivity index is 2.34. The molecule has 0 aromatic heterocycles. The third-order valence-corrected chi connectivity index (χ3v) is 9.58. The number of methoxy groups -OCH3 is 1. The van der Waals surface area contributed by atoms with Crippen LogP contribution in [0.1, 0.15) is 66.5 Å². The third kappa shape index (κ3) is 9.42. The quantitative estimate of drug-likeness (QED) is 0.288. The number of carbonyl (C=O) groups excluding carboxylic acids is 3. The van der Waals surface area contributed by atoms with Crippen LogP contribution in [0, 0.1) is 24.2 Å². The van der Waals surface area contributed by atoms with Crippen LogP contribution in [-0.4, -0.2) is 64.3 Å². The van der Waals surface area contributed by atoms with Crippen molar-refractivity contribution in [1.29, 1.82) is 0 Å². The summed E-state index contributed by atoms with van der Waals surface area (Å²) < 4.78 is 33.1. The first-order valence-electron chi connectivity index (χ1n) is 15.4. The fourth-order valence-corrected chi connectivity index (χ4v) is 6.29. The highest BCUT2D eigenvalue weighted by Gasteiger charge is 2.41. The fourth-order valence-electron chi connectivity index (χ4n) is 5.23. The smallest absolute Gasteiger partial charge is 0.264 e. The van der Waals surface area contributed by atoms with Crippen LogP contribution in [0.25, 0.3) is 0 Å². The molecule has 0 aliphatic rings. The molecule has 11 heteroatoms. The van der Waals surface area contributed by atoms with E-state index in [-0.39, 0.29) is 22.6 Å². The van der Waals surface area contributed by atoms with Gasteiger partial charge in [0.1, 0.15) is 11.8 Å². The number of nitrogens with zero attached hydrogens (tertiary/aromatic N) is 1. The summed E-state index contributed by atoms with van der Waals surface area (Å²) in [6.07, 6.45) is 1.59. The van der Waals surface area contributed by atoms with Crippen LogP contribution in [0.15, 0.2) is 65.2 Å². The number of hydrogen-bond acceptors (Lipinski definition) is 7. The van der Waals surface area contributed by atoms with Gasteiger partial charge in [-0.15, -0.1) is 0 Å². The lowest BCUT2D eigenvalue weighted by Crippen LogP contribution is -2.60. The number of aryl methyl sites for hydroxylation is 1. The number of amides is 3. The molecule has 2 aromatic rings. The summed E-state index contributed by atoms with van der Waals surface area (Å²) in [5.74, 6) is -1.80. The topological polar surface area (TPSA) is 134 Å². The number of nitrogens with one attached hydrogen (secondary N) is 3. The van der Waals surface area contributed by atoms with Gasteiger partial charge in [-0.1, -0.05) is 84.4 Å². The van der Waals surface area contributed by atoms with Crippen LogP contribution in [0.5, 0.6) is 5.75 Å². The summed E-state index contributed by atoms with van der Waals surface area (Å²) in [7, 11) is 0.828. The molecule has 0 aliphatic carbocycles. The van der Waals surface area contributed by atoms with Crippen LogP contribution in [0.3, 0.4) is 0 Å². The Morgan fingerprint density at radius 2 is 1.41 bits per heavy atom. The number of benzene rings is 2. The number of ether oxygens (including phenoxy) is 1. The van der Waals surface area contributed by atoms with Gasteiger partial charge in [0, 0.05) is 18.2 Å². The van der Waals surface area contributed by atoms with E-state index in [0.29, 0.717) is 11.4 Å². The van der Waals surface area contributed by atoms with E-state index >= 15 is 0 Å². The highest BCUT2D eigenvalue weighted by Crippen LogP contribution is 2.30.